The fraction of sp³-hybridized carbons (Fsp3) is 0.387. The van der Waals surface area contributed by atoms with Gasteiger partial charge in [0.25, 0.3) is 0 Å². The van der Waals surface area contributed by atoms with E-state index in [4.69, 9.17) is 0 Å². The second-order valence-corrected chi connectivity index (χ2v) is 11.6. The Morgan fingerprint density at radius 3 is 1.83 bits per heavy atom. The lowest BCUT2D eigenvalue weighted by atomic mass is 9.94. The summed E-state index contributed by atoms with van der Waals surface area (Å²) in [6.07, 6.45) is 6.10. The molecule has 1 saturated heterocycles. The van der Waals surface area contributed by atoms with E-state index in [-0.39, 0.29) is 55.1 Å². The molecule has 2 atom stereocenters. The Morgan fingerprint density at radius 1 is 0.829 bits per heavy atom. The van der Waals surface area contributed by atoms with Gasteiger partial charge in [0.05, 0.1) is 35.9 Å². The zero-order chi connectivity index (χ0) is 26.9. The molecule has 7 nitrogen and oxygen atoms in total. The Hall–Kier alpha value is -2.84. The summed E-state index contributed by atoms with van der Waals surface area (Å²) in [6, 6.07) is 17.2. The Kier molecular flexibility index (Phi) is 12.0. The van der Waals surface area contributed by atoms with E-state index in [2.05, 4.69) is 92.9 Å². The first-order valence-corrected chi connectivity index (χ1v) is 13.5. The van der Waals surface area contributed by atoms with Crippen LogP contribution < -0.4 is 10.6 Å². The van der Waals surface area contributed by atoms with Gasteiger partial charge < -0.3 is 20.6 Å². The number of nitrogens with zero attached hydrogens (tertiary/aromatic N) is 2. The molecule has 1 aliphatic rings. The number of hydrogen-bond donors (Lipinski definition) is 4. The summed E-state index contributed by atoms with van der Waals surface area (Å²) >= 11 is 0. The van der Waals surface area contributed by atoms with E-state index in [0.717, 1.165) is 58.3 Å². The van der Waals surface area contributed by atoms with E-state index in [1.807, 2.05) is 33.2 Å². The second kappa shape index (κ2) is 14.4. The largest absolute Gasteiger partial charge is 0.345 e. The average molecular weight is 620 g/mol. The standard InChI is InChI=1S/C31H38N6O.3ClH/c1-19(2)27(37-30(38)31(3,4)5)29-34-18-26(36-29)23-14-10-21(11-15-23)20-8-12-22(13-9-20)25-17-33-28(35-25)24-7-6-16-32-24;;;/h8-15,17-19,24,27,32H,6-7,16H2,1-5H3,(H,33,35)(H,34,36)(H,37,38);3*1H/t24-,27-;;;/m0.../s1. The van der Waals surface area contributed by atoms with Crippen LogP contribution in [0.1, 0.15) is 71.2 Å². The smallest absolute Gasteiger partial charge is 0.225 e. The Bertz CT molecular complexity index is 1380. The van der Waals surface area contributed by atoms with Gasteiger partial charge in [-0.15, -0.1) is 37.2 Å². The van der Waals surface area contributed by atoms with Crippen LogP contribution in [0.2, 0.25) is 0 Å². The summed E-state index contributed by atoms with van der Waals surface area (Å²) < 4.78 is 0. The summed E-state index contributed by atoms with van der Waals surface area (Å²) in [5, 5.41) is 6.65. The highest BCUT2D eigenvalue weighted by Crippen LogP contribution is 2.29. The van der Waals surface area contributed by atoms with E-state index in [1.165, 1.54) is 6.42 Å². The lowest BCUT2D eigenvalue weighted by molar-refractivity contribution is -0.129. The first-order valence-electron chi connectivity index (χ1n) is 13.5. The Morgan fingerprint density at radius 2 is 1.34 bits per heavy atom. The lowest BCUT2D eigenvalue weighted by Crippen LogP contribution is -2.39. The molecule has 5 rings (SSSR count). The minimum atomic E-state index is -0.454. The number of aromatic amines is 2. The van der Waals surface area contributed by atoms with E-state index in [9.17, 15) is 4.79 Å². The van der Waals surface area contributed by atoms with Crippen LogP contribution in [0.3, 0.4) is 0 Å². The molecule has 0 aliphatic carbocycles. The number of hydrogen-bond acceptors (Lipinski definition) is 4. The van der Waals surface area contributed by atoms with Crippen molar-refractivity contribution in [2.45, 2.75) is 59.5 Å². The number of halogens is 3. The van der Waals surface area contributed by atoms with Crippen LogP contribution in [0.4, 0.5) is 0 Å². The molecule has 3 heterocycles. The number of benzene rings is 2. The average Bonchev–Trinajstić information content (AvgIpc) is 3.68. The normalized spacial score (nSPS) is 15.4. The molecule has 41 heavy (non-hydrogen) atoms. The highest BCUT2D eigenvalue weighted by Gasteiger charge is 2.28. The summed E-state index contributed by atoms with van der Waals surface area (Å²) in [6.45, 7) is 11.0. The van der Waals surface area contributed by atoms with Crippen LogP contribution in [-0.4, -0.2) is 32.4 Å². The summed E-state index contributed by atoms with van der Waals surface area (Å²) in [5.41, 5.74) is 6.02. The van der Waals surface area contributed by atoms with Crippen molar-refractivity contribution in [3.8, 4) is 33.6 Å². The van der Waals surface area contributed by atoms with Gasteiger partial charge in [0.15, 0.2) is 0 Å². The molecule has 1 fully saturated rings. The maximum atomic E-state index is 12.6. The first-order chi connectivity index (χ1) is 18.2. The van der Waals surface area contributed by atoms with Crippen molar-refractivity contribution in [1.29, 1.82) is 0 Å². The van der Waals surface area contributed by atoms with E-state index in [0.29, 0.717) is 6.04 Å². The Labute approximate surface area is 261 Å². The van der Waals surface area contributed by atoms with Crippen molar-refractivity contribution < 1.29 is 4.79 Å². The number of aromatic nitrogens is 4. The van der Waals surface area contributed by atoms with Crippen molar-refractivity contribution in [3.05, 3.63) is 72.6 Å². The molecule has 2 aromatic carbocycles. The molecule has 4 aromatic rings. The van der Waals surface area contributed by atoms with Crippen molar-refractivity contribution >= 4 is 43.1 Å². The number of nitrogens with one attached hydrogen (secondary N) is 4. The van der Waals surface area contributed by atoms with Gasteiger partial charge in [-0.25, -0.2) is 9.97 Å². The van der Waals surface area contributed by atoms with Gasteiger partial charge in [-0.05, 0) is 47.6 Å². The van der Waals surface area contributed by atoms with Gasteiger partial charge in [-0.2, -0.15) is 0 Å². The topological polar surface area (TPSA) is 98.5 Å². The molecule has 4 N–H and O–H groups in total. The molecule has 10 heteroatoms. The minimum absolute atomic E-state index is 0. The van der Waals surface area contributed by atoms with E-state index >= 15 is 0 Å². The van der Waals surface area contributed by atoms with Crippen molar-refractivity contribution in [1.82, 2.24) is 30.6 Å². The predicted octanol–water partition coefficient (Wildman–Crippen LogP) is 7.68. The quantitative estimate of drug-likeness (QED) is 0.170. The number of rotatable bonds is 7. The van der Waals surface area contributed by atoms with Gasteiger partial charge in [-0.1, -0.05) is 83.1 Å². The highest BCUT2D eigenvalue weighted by atomic mass is 35.5. The SMILES string of the molecule is CC(C)[C@H](NC(=O)C(C)(C)C)c1ncc(-c2ccc(-c3ccc(-c4cnc([C@@H]5CCCN5)[nH]4)cc3)cc2)[nH]1.Cl.Cl.Cl. The molecular weight excluding hydrogens is 579 g/mol. The van der Waals surface area contributed by atoms with Crippen molar-refractivity contribution in [2.75, 3.05) is 6.54 Å². The highest BCUT2D eigenvalue weighted by molar-refractivity contribution is 5.86. The third-order valence-electron chi connectivity index (χ3n) is 7.24. The maximum Gasteiger partial charge on any atom is 0.225 e. The first kappa shape index (κ1) is 34.4. The molecular formula is C31H41Cl3N6O. The zero-order valence-corrected chi connectivity index (χ0v) is 26.6. The third-order valence-corrected chi connectivity index (χ3v) is 7.24. The van der Waals surface area contributed by atoms with Crippen LogP contribution in [0, 0.1) is 11.3 Å². The second-order valence-electron chi connectivity index (χ2n) is 11.6. The fourth-order valence-corrected chi connectivity index (χ4v) is 4.81. The molecule has 222 valence electrons. The zero-order valence-electron chi connectivity index (χ0n) is 24.2. The van der Waals surface area contributed by atoms with Gasteiger partial charge in [0, 0.05) is 5.41 Å². The molecule has 0 saturated carbocycles. The van der Waals surface area contributed by atoms with Crippen LogP contribution in [0.5, 0.6) is 0 Å². The molecule has 1 amide bonds. The molecule has 0 radical (unpaired) electrons. The van der Waals surface area contributed by atoms with E-state index in [1.54, 1.807) is 0 Å². The predicted molar refractivity (Wildman–Crippen MR) is 174 cm³/mol. The maximum absolute atomic E-state index is 12.6. The van der Waals surface area contributed by atoms with Gasteiger partial charge in [0.1, 0.15) is 11.6 Å². The van der Waals surface area contributed by atoms with Crippen LogP contribution in [0.25, 0.3) is 33.6 Å². The number of carbonyl (C=O) groups is 1. The van der Waals surface area contributed by atoms with E-state index < -0.39 is 5.41 Å². The monoisotopic (exact) mass is 618 g/mol. The Balaban J connectivity index is 0.00000196. The minimum Gasteiger partial charge on any atom is -0.345 e. The van der Waals surface area contributed by atoms with Gasteiger partial charge >= 0.3 is 0 Å². The van der Waals surface area contributed by atoms with Crippen molar-refractivity contribution in [2.24, 2.45) is 11.3 Å². The van der Waals surface area contributed by atoms with Gasteiger partial charge in [-0.3, -0.25) is 4.79 Å². The van der Waals surface area contributed by atoms with Crippen molar-refractivity contribution in [3.63, 3.8) is 0 Å². The number of imidazole rings is 2. The third kappa shape index (κ3) is 7.92. The van der Waals surface area contributed by atoms with Crippen LogP contribution in [0.15, 0.2) is 60.9 Å². The fourth-order valence-electron chi connectivity index (χ4n) is 4.81. The molecule has 2 aromatic heterocycles. The number of amides is 1. The summed E-state index contributed by atoms with van der Waals surface area (Å²) in [5.74, 6) is 2.02. The number of H-pyrrole nitrogens is 2. The molecule has 0 unspecified atom stereocenters. The summed E-state index contributed by atoms with van der Waals surface area (Å²) in [4.78, 5) is 28.7. The summed E-state index contributed by atoms with van der Waals surface area (Å²) in [7, 11) is 0. The molecule has 0 bridgehead atoms. The van der Waals surface area contributed by atoms with Crippen LogP contribution in [-0.2, 0) is 4.79 Å². The van der Waals surface area contributed by atoms with Crippen LogP contribution >= 0.6 is 37.2 Å². The number of carbonyl (C=O) groups excluding carboxylic acids is 1. The van der Waals surface area contributed by atoms with Gasteiger partial charge in [0.2, 0.25) is 5.91 Å². The lowest BCUT2D eigenvalue weighted by Gasteiger charge is -2.25. The molecule has 0 spiro atoms. The molecule has 1 aliphatic heterocycles.